The van der Waals surface area contributed by atoms with Crippen LogP contribution in [0.15, 0.2) is 0 Å². The lowest BCUT2D eigenvalue weighted by Crippen LogP contribution is -2.67. The molecule has 1 saturated carbocycles. The molecule has 0 aromatic heterocycles. The third-order valence-electron chi connectivity index (χ3n) is 3.58. The predicted molar refractivity (Wildman–Crippen MR) is 95.7 cm³/mol. The van der Waals surface area contributed by atoms with Gasteiger partial charge in [-0.1, -0.05) is 0 Å². The monoisotopic (exact) mass is 386 g/mol. The Hall–Kier alpha value is -2.32. The van der Waals surface area contributed by atoms with Gasteiger partial charge in [-0.05, 0) is 61.3 Å². The van der Waals surface area contributed by atoms with Gasteiger partial charge in [0.25, 0.3) is 0 Å². The van der Waals surface area contributed by atoms with Crippen molar-refractivity contribution in [1.29, 1.82) is 0 Å². The Morgan fingerprint density at radius 1 is 1.07 bits per heavy atom. The molecule has 2 amide bonds. The minimum atomic E-state index is -1.98. The molecule has 0 aromatic carbocycles. The highest BCUT2D eigenvalue weighted by Gasteiger charge is 2.58. The molecule has 0 radical (unpaired) electrons. The quantitative estimate of drug-likeness (QED) is 0.343. The Morgan fingerprint density at radius 2 is 1.63 bits per heavy atom. The minimum Gasteiger partial charge on any atom is -0.464 e. The van der Waals surface area contributed by atoms with Crippen LogP contribution in [-0.2, 0) is 23.8 Å². The van der Waals surface area contributed by atoms with Crippen molar-refractivity contribution >= 4 is 23.9 Å². The van der Waals surface area contributed by atoms with E-state index < -0.39 is 40.7 Å². The first-order valence-corrected chi connectivity index (χ1v) is 8.96. The van der Waals surface area contributed by atoms with Gasteiger partial charge in [0.05, 0.1) is 6.61 Å². The van der Waals surface area contributed by atoms with Crippen molar-refractivity contribution in [3.63, 3.8) is 0 Å². The molecule has 0 bridgehead atoms. The number of esters is 1. The average Bonchev–Trinajstić information content (AvgIpc) is 2.83. The fourth-order valence-corrected chi connectivity index (χ4v) is 2.64. The summed E-state index contributed by atoms with van der Waals surface area (Å²) in [6.45, 7) is 11.4. The summed E-state index contributed by atoms with van der Waals surface area (Å²) in [7, 11) is 0. The van der Waals surface area contributed by atoms with Gasteiger partial charge in [-0.2, -0.15) is 5.01 Å². The molecule has 9 heteroatoms. The second-order valence-corrected chi connectivity index (χ2v) is 8.29. The molecule has 0 aliphatic heterocycles. The lowest BCUT2D eigenvalue weighted by Gasteiger charge is -2.38. The summed E-state index contributed by atoms with van der Waals surface area (Å²) in [4.78, 5) is 50.4. The number of hydrazine groups is 1. The van der Waals surface area contributed by atoms with E-state index in [1.54, 1.807) is 48.5 Å². The third-order valence-corrected chi connectivity index (χ3v) is 3.58. The molecule has 1 atom stereocenters. The lowest BCUT2D eigenvalue weighted by atomic mass is 9.95. The third kappa shape index (κ3) is 5.83. The first-order chi connectivity index (χ1) is 12.2. The highest BCUT2D eigenvalue weighted by atomic mass is 16.6. The summed E-state index contributed by atoms with van der Waals surface area (Å²) in [5, 5.41) is 0.625. The van der Waals surface area contributed by atoms with Crippen LogP contribution in [-0.4, -0.2) is 52.3 Å². The van der Waals surface area contributed by atoms with E-state index in [-0.39, 0.29) is 19.4 Å². The van der Waals surface area contributed by atoms with Crippen LogP contribution >= 0.6 is 0 Å². The number of hydrogen-bond donors (Lipinski definition) is 1. The molecule has 1 rings (SSSR count). The Morgan fingerprint density at radius 3 is 2.04 bits per heavy atom. The summed E-state index contributed by atoms with van der Waals surface area (Å²) >= 11 is 0. The van der Waals surface area contributed by atoms with Gasteiger partial charge in [-0.3, -0.25) is 4.79 Å². The Balaban J connectivity index is 3.31. The van der Waals surface area contributed by atoms with Crippen molar-refractivity contribution in [1.82, 2.24) is 10.4 Å². The number of carbonyl (C=O) groups is 4. The standard InChI is InChI=1S/C18H30N2O7/c1-8-25-13(22)18(11-9-10-12(18)21)20(15(24)27-17(5,6)7)19-14(23)26-16(2,3)4/h8-11H2,1-7H3,(H,19,23)/t18-/m0/s1. The smallest absolute Gasteiger partial charge is 0.430 e. The maximum atomic E-state index is 12.8. The van der Waals surface area contributed by atoms with E-state index in [4.69, 9.17) is 14.2 Å². The highest BCUT2D eigenvalue weighted by Crippen LogP contribution is 2.34. The zero-order chi connectivity index (χ0) is 21.0. The first-order valence-electron chi connectivity index (χ1n) is 8.96. The molecule has 0 spiro atoms. The largest absolute Gasteiger partial charge is 0.464 e. The van der Waals surface area contributed by atoms with Crippen LogP contribution in [0.3, 0.4) is 0 Å². The molecule has 154 valence electrons. The van der Waals surface area contributed by atoms with Gasteiger partial charge >= 0.3 is 18.2 Å². The van der Waals surface area contributed by atoms with Gasteiger partial charge in [-0.15, -0.1) is 0 Å². The molecule has 9 nitrogen and oxygen atoms in total. The molecule has 0 unspecified atom stereocenters. The first kappa shape index (κ1) is 22.7. The number of nitrogens with one attached hydrogen (secondary N) is 1. The fraction of sp³-hybridized carbons (Fsp3) is 0.778. The van der Waals surface area contributed by atoms with Crippen LogP contribution in [0.5, 0.6) is 0 Å². The van der Waals surface area contributed by atoms with Gasteiger partial charge in [0.1, 0.15) is 11.2 Å². The zero-order valence-electron chi connectivity index (χ0n) is 17.1. The van der Waals surface area contributed by atoms with Crippen LogP contribution in [0.4, 0.5) is 9.59 Å². The number of amides is 2. The van der Waals surface area contributed by atoms with Crippen LogP contribution in [0.2, 0.25) is 0 Å². The van der Waals surface area contributed by atoms with E-state index in [1.807, 2.05) is 0 Å². The molecule has 0 heterocycles. The zero-order valence-corrected chi connectivity index (χ0v) is 17.1. The van der Waals surface area contributed by atoms with Crippen LogP contribution < -0.4 is 5.43 Å². The van der Waals surface area contributed by atoms with Crippen LogP contribution in [0.25, 0.3) is 0 Å². The second-order valence-electron chi connectivity index (χ2n) is 8.29. The number of ketones is 1. The molecule has 0 saturated heterocycles. The molecule has 1 aliphatic carbocycles. The lowest BCUT2D eigenvalue weighted by molar-refractivity contribution is -0.163. The summed E-state index contributed by atoms with van der Waals surface area (Å²) in [6, 6.07) is 0. The number of Topliss-reactive ketones (excluding diaryl/α,β-unsaturated/α-hetero) is 1. The maximum Gasteiger partial charge on any atom is 0.430 e. The van der Waals surface area contributed by atoms with Gasteiger partial charge in [-0.25, -0.2) is 19.8 Å². The summed E-state index contributed by atoms with van der Waals surface area (Å²) in [6.07, 6.45) is -1.57. The number of rotatable bonds is 3. The fourth-order valence-electron chi connectivity index (χ4n) is 2.64. The second kappa shape index (κ2) is 8.14. The molecule has 1 aliphatic rings. The number of hydrogen-bond acceptors (Lipinski definition) is 7. The highest BCUT2D eigenvalue weighted by molar-refractivity contribution is 6.12. The van der Waals surface area contributed by atoms with Crippen molar-refractivity contribution in [2.24, 2.45) is 0 Å². The number of ether oxygens (including phenoxy) is 3. The Labute approximate surface area is 159 Å². The van der Waals surface area contributed by atoms with E-state index in [2.05, 4.69) is 5.43 Å². The van der Waals surface area contributed by atoms with E-state index in [0.29, 0.717) is 11.4 Å². The van der Waals surface area contributed by atoms with E-state index in [9.17, 15) is 19.2 Å². The van der Waals surface area contributed by atoms with E-state index in [1.165, 1.54) is 0 Å². The molecule has 1 fully saturated rings. The topological polar surface area (TPSA) is 111 Å². The molecular weight excluding hydrogens is 356 g/mol. The van der Waals surface area contributed by atoms with Crippen molar-refractivity contribution in [2.75, 3.05) is 6.61 Å². The van der Waals surface area contributed by atoms with Crippen molar-refractivity contribution in [3.05, 3.63) is 0 Å². The molecule has 27 heavy (non-hydrogen) atoms. The average molecular weight is 386 g/mol. The molecule has 0 aromatic rings. The van der Waals surface area contributed by atoms with Crippen LogP contribution in [0, 0.1) is 0 Å². The van der Waals surface area contributed by atoms with Gasteiger partial charge < -0.3 is 14.2 Å². The maximum absolute atomic E-state index is 12.8. The summed E-state index contributed by atoms with van der Waals surface area (Å²) < 4.78 is 15.5. The van der Waals surface area contributed by atoms with Crippen molar-refractivity contribution < 1.29 is 33.4 Å². The van der Waals surface area contributed by atoms with Crippen molar-refractivity contribution in [3.8, 4) is 0 Å². The SMILES string of the molecule is CCOC(=O)[C@]1(N(NC(=O)OC(C)(C)C)C(=O)OC(C)(C)C)CCCC1=O. The minimum absolute atomic E-state index is 0.0136. The summed E-state index contributed by atoms with van der Waals surface area (Å²) in [5.41, 5.74) is -1.51. The number of carbonyl (C=O) groups excluding carboxylic acids is 4. The molecule has 1 N–H and O–H groups in total. The van der Waals surface area contributed by atoms with Gasteiger partial charge in [0.15, 0.2) is 5.78 Å². The normalized spacial score (nSPS) is 20.0. The van der Waals surface area contributed by atoms with Gasteiger partial charge in [0, 0.05) is 6.42 Å². The Bertz CT molecular complexity index is 604. The van der Waals surface area contributed by atoms with Gasteiger partial charge in [0.2, 0.25) is 5.54 Å². The summed E-state index contributed by atoms with van der Waals surface area (Å²) in [5.74, 6) is -1.43. The van der Waals surface area contributed by atoms with E-state index >= 15 is 0 Å². The van der Waals surface area contributed by atoms with Crippen LogP contribution in [0.1, 0.15) is 67.7 Å². The molecular formula is C18H30N2O7. The number of nitrogens with zero attached hydrogens (tertiary/aromatic N) is 1. The van der Waals surface area contributed by atoms with E-state index in [0.717, 1.165) is 0 Å². The predicted octanol–water partition coefficient (Wildman–Crippen LogP) is 2.72. The van der Waals surface area contributed by atoms with Crippen molar-refractivity contribution in [2.45, 2.75) is 84.5 Å². The Kier molecular flexibility index (Phi) is 6.85.